The van der Waals surface area contributed by atoms with E-state index in [1.54, 1.807) is 39.2 Å². The zero-order chi connectivity index (χ0) is 24.4. The maximum Gasteiger partial charge on any atom is 0.278 e. The van der Waals surface area contributed by atoms with Crippen LogP contribution in [0.3, 0.4) is 0 Å². The Labute approximate surface area is 197 Å². The van der Waals surface area contributed by atoms with E-state index in [1.807, 2.05) is 29.2 Å². The standard InChI is InChI=1S/C25H29N5O4/c1-15(14-31)22(32)8-9-30-21-7-5-4-6-17(21)12-23(30)28-24(33)18-10-16(2)27-20(11-18)19-13-26-29(3)25(19)34/h4-7,10-11,13,15,22,26,31-32H,8-9,12,14H2,1-3H3/t15-,22-/m1/s1. The highest BCUT2D eigenvalue weighted by molar-refractivity contribution is 6.12. The molecule has 0 unspecified atom stereocenters. The molecule has 1 amide bonds. The van der Waals surface area contributed by atoms with E-state index in [4.69, 9.17) is 0 Å². The number of aromatic amines is 1. The summed E-state index contributed by atoms with van der Waals surface area (Å²) in [6, 6.07) is 11.1. The number of fused-ring (bicyclic) bond motifs is 1. The minimum absolute atomic E-state index is 0.0921. The van der Waals surface area contributed by atoms with Crippen molar-refractivity contribution in [2.75, 3.05) is 18.1 Å². The van der Waals surface area contributed by atoms with Gasteiger partial charge in [-0.25, -0.2) is 0 Å². The molecule has 0 bridgehead atoms. The summed E-state index contributed by atoms with van der Waals surface area (Å²) < 4.78 is 1.35. The summed E-state index contributed by atoms with van der Waals surface area (Å²) in [6.45, 7) is 3.94. The van der Waals surface area contributed by atoms with Crippen LogP contribution >= 0.6 is 0 Å². The van der Waals surface area contributed by atoms with Crippen molar-refractivity contribution in [3.05, 3.63) is 69.8 Å². The Morgan fingerprint density at radius 2 is 2.06 bits per heavy atom. The van der Waals surface area contributed by atoms with E-state index in [1.165, 1.54) is 4.68 Å². The summed E-state index contributed by atoms with van der Waals surface area (Å²) in [7, 11) is 1.62. The van der Waals surface area contributed by atoms with E-state index in [-0.39, 0.29) is 18.1 Å². The molecular formula is C25H29N5O4. The second kappa shape index (κ2) is 9.74. The lowest BCUT2D eigenvalue weighted by atomic mass is 10.0. The quantitative estimate of drug-likeness (QED) is 0.493. The van der Waals surface area contributed by atoms with Gasteiger partial charge in [0.2, 0.25) is 0 Å². The van der Waals surface area contributed by atoms with E-state index in [9.17, 15) is 19.8 Å². The number of aliphatic hydroxyl groups excluding tert-OH is 2. The molecule has 0 saturated carbocycles. The minimum atomic E-state index is -0.663. The van der Waals surface area contributed by atoms with Crippen molar-refractivity contribution in [1.82, 2.24) is 14.8 Å². The van der Waals surface area contributed by atoms with Crippen LogP contribution in [0.4, 0.5) is 5.69 Å². The Morgan fingerprint density at radius 3 is 2.76 bits per heavy atom. The molecule has 2 atom stereocenters. The molecule has 9 heteroatoms. The number of aromatic nitrogens is 3. The van der Waals surface area contributed by atoms with Crippen LogP contribution in [-0.2, 0) is 13.5 Å². The number of hydrogen-bond acceptors (Lipinski definition) is 5. The Balaban J connectivity index is 1.64. The van der Waals surface area contributed by atoms with Crippen LogP contribution in [0.1, 0.15) is 35.0 Å². The maximum absolute atomic E-state index is 13.2. The van der Waals surface area contributed by atoms with E-state index in [0.29, 0.717) is 47.7 Å². The lowest BCUT2D eigenvalue weighted by molar-refractivity contribution is 0.0726. The van der Waals surface area contributed by atoms with Gasteiger partial charge in [-0.3, -0.25) is 19.3 Å². The number of nitrogens with one attached hydrogen (secondary N) is 1. The summed E-state index contributed by atoms with van der Waals surface area (Å²) in [6.07, 6.45) is 1.84. The fraction of sp³-hybridized carbons (Fsp3) is 0.360. The fourth-order valence-corrected chi connectivity index (χ4v) is 4.10. The lowest BCUT2D eigenvalue weighted by Crippen LogP contribution is -2.33. The first-order valence-electron chi connectivity index (χ1n) is 11.3. The third-order valence-corrected chi connectivity index (χ3v) is 6.18. The summed E-state index contributed by atoms with van der Waals surface area (Å²) >= 11 is 0. The van der Waals surface area contributed by atoms with Gasteiger partial charge in [-0.2, -0.15) is 4.99 Å². The summed E-state index contributed by atoms with van der Waals surface area (Å²) in [5.74, 6) is -0.0564. The molecule has 1 aliphatic heterocycles. The van der Waals surface area contributed by atoms with Crippen LogP contribution < -0.4 is 10.5 Å². The van der Waals surface area contributed by atoms with Crippen molar-refractivity contribution < 1.29 is 15.0 Å². The number of carbonyl (C=O) groups excluding carboxylic acids is 1. The highest BCUT2D eigenvalue weighted by Gasteiger charge is 2.27. The summed E-state index contributed by atoms with van der Waals surface area (Å²) in [4.78, 5) is 36.4. The number of H-pyrrole nitrogens is 1. The van der Waals surface area contributed by atoms with Gasteiger partial charge in [-0.05, 0) is 37.1 Å². The first-order chi connectivity index (χ1) is 16.3. The second-order valence-electron chi connectivity index (χ2n) is 8.74. The van der Waals surface area contributed by atoms with Crippen LogP contribution in [0, 0.1) is 12.8 Å². The minimum Gasteiger partial charge on any atom is -0.396 e. The molecule has 0 spiro atoms. The second-order valence-corrected chi connectivity index (χ2v) is 8.74. The van der Waals surface area contributed by atoms with Crippen molar-refractivity contribution >= 4 is 17.4 Å². The van der Waals surface area contributed by atoms with Crippen molar-refractivity contribution in [3.8, 4) is 11.3 Å². The molecule has 0 saturated heterocycles. The molecule has 3 heterocycles. The fourth-order valence-electron chi connectivity index (χ4n) is 4.10. The number of aliphatic imine (C=N–C) groups is 1. The summed E-state index contributed by atoms with van der Waals surface area (Å²) in [5, 5.41) is 22.5. The molecule has 178 valence electrons. The average Bonchev–Trinajstić information content (AvgIpc) is 3.35. The molecule has 3 N–H and O–H groups in total. The topological polar surface area (TPSA) is 124 Å². The Hall–Kier alpha value is -3.56. The van der Waals surface area contributed by atoms with Gasteiger partial charge in [0.25, 0.3) is 11.5 Å². The van der Waals surface area contributed by atoms with E-state index in [2.05, 4.69) is 15.1 Å². The molecule has 0 aliphatic carbocycles. The van der Waals surface area contributed by atoms with E-state index in [0.717, 1.165) is 11.3 Å². The number of rotatable bonds is 7. The van der Waals surface area contributed by atoms with Crippen LogP contribution in [0.25, 0.3) is 11.3 Å². The van der Waals surface area contributed by atoms with E-state index < -0.39 is 12.0 Å². The number of hydrogen-bond donors (Lipinski definition) is 3. The molecule has 0 radical (unpaired) electrons. The molecular weight excluding hydrogens is 434 g/mol. The predicted molar refractivity (Wildman–Crippen MR) is 130 cm³/mol. The normalized spacial score (nSPS) is 16.0. The van der Waals surface area contributed by atoms with Gasteiger partial charge in [-0.15, -0.1) is 0 Å². The number of aryl methyl sites for hydroxylation is 2. The molecule has 4 rings (SSSR count). The molecule has 34 heavy (non-hydrogen) atoms. The van der Waals surface area contributed by atoms with Gasteiger partial charge in [0, 0.05) is 55.7 Å². The molecule has 3 aromatic rings. The third-order valence-electron chi connectivity index (χ3n) is 6.18. The number of carbonyl (C=O) groups is 1. The van der Waals surface area contributed by atoms with Crippen LogP contribution in [0.5, 0.6) is 0 Å². The number of amides is 1. The molecule has 0 fully saturated rings. The van der Waals surface area contributed by atoms with Gasteiger partial charge in [0.05, 0.1) is 17.4 Å². The summed E-state index contributed by atoms with van der Waals surface area (Å²) in [5.41, 5.74) is 3.55. The molecule has 1 aromatic carbocycles. The van der Waals surface area contributed by atoms with Gasteiger partial charge in [-0.1, -0.05) is 25.1 Å². The van der Waals surface area contributed by atoms with Gasteiger partial charge in [0.1, 0.15) is 5.84 Å². The zero-order valence-electron chi connectivity index (χ0n) is 19.5. The number of benzene rings is 1. The van der Waals surface area contributed by atoms with Gasteiger partial charge < -0.3 is 20.2 Å². The van der Waals surface area contributed by atoms with E-state index >= 15 is 0 Å². The number of amidine groups is 1. The van der Waals surface area contributed by atoms with Crippen LogP contribution in [-0.4, -0.2) is 56.0 Å². The van der Waals surface area contributed by atoms with Gasteiger partial charge in [0.15, 0.2) is 0 Å². The molecule has 1 aliphatic rings. The zero-order valence-corrected chi connectivity index (χ0v) is 19.5. The highest BCUT2D eigenvalue weighted by Crippen LogP contribution is 2.30. The first-order valence-corrected chi connectivity index (χ1v) is 11.3. The lowest BCUT2D eigenvalue weighted by Gasteiger charge is -2.24. The van der Waals surface area contributed by atoms with Crippen molar-refractivity contribution in [2.45, 2.75) is 32.8 Å². The Bertz CT molecular complexity index is 1290. The highest BCUT2D eigenvalue weighted by atomic mass is 16.3. The molecule has 9 nitrogen and oxygen atoms in total. The first kappa shape index (κ1) is 23.6. The van der Waals surface area contributed by atoms with Crippen LogP contribution in [0.2, 0.25) is 0 Å². The average molecular weight is 464 g/mol. The van der Waals surface area contributed by atoms with Crippen molar-refractivity contribution in [3.63, 3.8) is 0 Å². The SMILES string of the molecule is Cc1cc(C(=O)N=C2Cc3ccccc3N2CC[C@@H](O)[C@H](C)CO)cc(-c2c[nH]n(C)c2=O)n1. The predicted octanol–water partition coefficient (Wildman–Crippen LogP) is 2.06. The number of pyridine rings is 1. The van der Waals surface area contributed by atoms with Crippen molar-refractivity contribution in [1.29, 1.82) is 0 Å². The number of para-hydroxylation sites is 1. The van der Waals surface area contributed by atoms with Gasteiger partial charge >= 0.3 is 0 Å². The Kier molecular flexibility index (Phi) is 6.76. The smallest absolute Gasteiger partial charge is 0.278 e. The van der Waals surface area contributed by atoms with Crippen molar-refractivity contribution in [2.24, 2.45) is 18.0 Å². The third kappa shape index (κ3) is 4.71. The number of nitrogens with zero attached hydrogens (tertiary/aromatic N) is 4. The molecule has 2 aromatic heterocycles. The Morgan fingerprint density at radius 1 is 1.29 bits per heavy atom. The largest absolute Gasteiger partial charge is 0.396 e. The van der Waals surface area contributed by atoms with Crippen LogP contribution in [0.15, 0.2) is 52.4 Å². The number of aliphatic hydroxyl groups is 2. The number of anilines is 1. The maximum atomic E-state index is 13.2. The monoisotopic (exact) mass is 463 g/mol.